The highest BCUT2D eigenvalue weighted by molar-refractivity contribution is 6.06. The molecule has 0 radical (unpaired) electrons. The van der Waals surface area contributed by atoms with Crippen molar-refractivity contribution in [2.45, 2.75) is 71.5 Å². The van der Waals surface area contributed by atoms with Gasteiger partial charge in [-0.05, 0) is 93.1 Å². The number of amides is 1. The van der Waals surface area contributed by atoms with Gasteiger partial charge in [-0.2, -0.15) is 0 Å². The Kier molecular flexibility index (Phi) is 8.27. The highest BCUT2D eigenvalue weighted by Gasteiger charge is 2.21. The molecule has 1 aliphatic carbocycles. The van der Waals surface area contributed by atoms with Gasteiger partial charge in [0.05, 0.1) is 5.56 Å². The van der Waals surface area contributed by atoms with Crippen molar-refractivity contribution in [3.8, 4) is 11.1 Å². The molecule has 1 saturated carbocycles. The van der Waals surface area contributed by atoms with E-state index in [0.29, 0.717) is 22.7 Å². The van der Waals surface area contributed by atoms with E-state index >= 15 is 0 Å². The smallest absolute Gasteiger partial charge is 0.253 e. The molecule has 0 atom stereocenters. The fraction of sp³-hybridized carbons (Fsp3) is 0.406. The molecule has 5 rings (SSSR count). The largest absolute Gasteiger partial charge is 0.382 e. The van der Waals surface area contributed by atoms with Gasteiger partial charge in [-0.3, -0.25) is 14.5 Å². The second kappa shape index (κ2) is 12.0. The monoisotopic (exact) mass is 525 g/mol. The molecule has 1 amide bonds. The van der Waals surface area contributed by atoms with Gasteiger partial charge >= 0.3 is 0 Å². The van der Waals surface area contributed by atoms with Crippen LogP contribution in [0.15, 0.2) is 47.3 Å². The molecule has 7 nitrogen and oxygen atoms in total. The number of aryl methyl sites for hydroxylation is 2. The van der Waals surface area contributed by atoms with E-state index in [1.165, 1.54) is 37.5 Å². The fourth-order valence-corrected chi connectivity index (χ4v) is 5.94. The van der Waals surface area contributed by atoms with Crippen LogP contribution in [0, 0.1) is 19.3 Å². The van der Waals surface area contributed by atoms with Gasteiger partial charge in [0.1, 0.15) is 0 Å². The number of pyridine rings is 1. The molecule has 2 aliphatic rings. The standard InChI is InChI=1S/C32H39N5O2/c1-21-15-22(2)35-32(39)29(21)19-34-31(38)27-16-25(17-30(28(27)18-33)36-26-7-3-4-8-26)24-11-9-23(10-12-24)20-37-13-5-6-14-37/h9-12,15-18,26,33,36H,3-8,13-14,19-20H2,1-2H3,(H,34,38)(H,35,39). The van der Waals surface area contributed by atoms with Crippen LogP contribution in [0.5, 0.6) is 0 Å². The summed E-state index contributed by atoms with van der Waals surface area (Å²) in [6.45, 7) is 7.14. The summed E-state index contributed by atoms with van der Waals surface area (Å²) in [5.41, 5.74) is 7.06. The van der Waals surface area contributed by atoms with Crippen LogP contribution < -0.4 is 16.2 Å². The lowest BCUT2D eigenvalue weighted by molar-refractivity contribution is 0.0950. The van der Waals surface area contributed by atoms with Crippen molar-refractivity contribution in [2.24, 2.45) is 0 Å². The first-order valence-corrected chi connectivity index (χ1v) is 14.2. The van der Waals surface area contributed by atoms with Gasteiger partial charge in [0.2, 0.25) is 0 Å². The zero-order chi connectivity index (χ0) is 27.4. The lowest BCUT2D eigenvalue weighted by atomic mass is 9.95. The normalized spacial score (nSPS) is 15.9. The molecule has 1 saturated heterocycles. The topological polar surface area (TPSA) is 101 Å². The summed E-state index contributed by atoms with van der Waals surface area (Å²) in [5, 5.41) is 14.8. The van der Waals surface area contributed by atoms with Crippen LogP contribution in [0.25, 0.3) is 11.1 Å². The highest BCUT2D eigenvalue weighted by atomic mass is 16.1. The molecule has 2 aromatic carbocycles. The molecule has 1 aliphatic heterocycles. The number of nitrogens with one attached hydrogen (secondary N) is 4. The van der Waals surface area contributed by atoms with E-state index < -0.39 is 0 Å². The van der Waals surface area contributed by atoms with Crippen molar-refractivity contribution >= 4 is 17.8 Å². The number of carbonyl (C=O) groups is 1. The summed E-state index contributed by atoms with van der Waals surface area (Å²) in [6.07, 6.45) is 8.36. The Morgan fingerprint density at radius 1 is 1.03 bits per heavy atom. The van der Waals surface area contributed by atoms with Crippen LogP contribution in [0.1, 0.15) is 76.8 Å². The second-order valence-electron chi connectivity index (χ2n) is 11.1. The molecule has 2 heterocycles. The first-order chi connectivity index (χ1) is 18.9. The quantitative estimate of drug-likeness (QED) is 0.276. The van der Waals surface area contributed by atoms with Crippen molar-refractivity contribution in [2.75, 3.05) is 18.4 Å². The number of carbonyl (C=O) groups excluding carboxylic acids is 1. The Morgan fingerprint density at radius 3 is 2.41 bits per heavy atom. The number of likely N-dealkylation sites (tertiary alicyclic amines) is 1. The summed E-state index contributed by atoms with van der Waals surface area (Å²) in [7, 11) is 0. The molecule has 0 bridgehead atoms. The molecular weight excluding hydrogens is 486 g/mol. The Hall–Kier alpha value is -3.71. The SMILES string of the molecule is Cc1cc(C)c(CNC(=O)c2cc(-c3ccc(CN4CCCC4)cc3)cc(NC3CCCC3)c2C=N)c(=O)[nH]1. The van der Waals surface area contributed by atoms with E-state index in [0.717, 1.165) is 60.5 Å². The minimum Gasteiger partial charge on any atom is -0.382 e. The Morgan fingerprint density at radius 2 is 1.74 bits per heavy atom. The molecule has 3 aromatic rings. The minimum atomic E-state index is -0.296. The molecule has 0 spiro atoms. The van der Waals surface area contributed by atoms with Gasteiger partial charge in [0.25, 0.3) is 11.5 Å². The number of aromatic nitrogens is 1. The van der Waals surface area contributed by atoms with Crippen molar-refractivity contribution in [1.29, 1.82) is 5.41 Å². The average molecular weight is 526 g/mol. The molecular formula is C32H39N5O2. The van der Waals surface area contributed by atoms with Crippen molar-refractivity contribution in [3.63, 3.8) is 0 Å². The number of nitrogens with zero attached hydrogens (tertiary/aromatic N) is 1. The predicted molar refractivity (Wildman–Crippen MR) is 158 cm³/mol. The van der Waals surface area contributed by atoms with Gasteiger partial charge in [0, 0.05) is 47.9 Å². The molecule has 1 aromatic heterocycles. The van der Waals surface area contributed by atoms with Crippen LogP contribution >= 0.6 is 0 Å². The summed E-state index contributed by atoms with van der Waals surface area (Å²) in [4.78, 5) is 31.4. The number of benzene rings is 2. The fourth-order valence-electron chi connectivity index (χ4n) is 5.94. The molecule has 4 N–H and O–H groups in total. The number of rotatable bonds is 9. The maximum atomic E-state index is 13.5. The molecule has 204 valence electrons. The summed E-state index contributed by atoms with van der Waals surface area (Å²) >= 11 is 0. The molecule has 7 heteroatoms. The summed E-state index contributed by atoms with van der Waals surface area (Å²) < 4.78 is 0. The summed E-state index contributed by atoms with van der Waals surface area (Å²) in [6, 6.07) is 14.8. The van der Waals surface area contributed by atoms with Crippen molar-refractivity contribution in [1.82, 2.24) is 15.2 Å². The van der Waals surface area contributed by atoms with Gasteiger partial charge in [-0.15, -0.1) is 0 Å². The number of hydrogen-bond donors (Lipinski definition) is 4. The van der Waals surface area contributed by atoms with Gasteiger partial charge in [0.15, 0.2) is 0 Å². The van der Waals surface area contributed by atoms with E-state index in [2.05, 4.69) is 50.8 Å². The number of hydrogen-bond acceptors (Lipinski definition) is 5. The van der Waals surface area contributed by atoms with Crippen LogP contribution in [0.2, 0.25) is 0 Å². The number of aromatic amines is 1. The predicted octanol–water partition coefficient (Wildman–Crippen LogP) is 5.54. The third-order valence-corrected chi connectivity index (χ3v) is 8.10. The van der Waals surface area contributed by atoms with Gasteiger partial charge in [-0.1, -0.05) is 37.1 Å². The lowest BCUT2D eigenvalue weighted by Gasteiger charge is -2.20. The summed E-state index contributed by atoms with van der Waals surface area (Å²) in [5.74, 6) is -0.296. The third kappa shape index (κ3) is 6.31. The Balaban J connectivity index is 1.45. The zero-order valence-electron chi connectivity index (χ0n) is 23.0. The average Bonchev–Trinajstić information content (AvgIpc) is 3.62. The Bertz CT molecular complexity index is 1400. The Labute approximate surface area is 230 Å². The number of H-pyrrole nitrogens is 1. The first kappa shape index (κ1) is 26.9. The zero-order valence-corrected chi connectivity index (χ0v) is 23.0. The van der Waals surface area contributed by atoms with E-state index in [-0.39, 0.29) is 18.0 Å². The minimum absolute atomic E-state index is 0.124. The van der Waals surface area contributed by atoms with Crippen LogP contribution in [0.3, 0.4) is 0 Å². The van der Waals surface area contributed by atoms with Gasteiger partial charge < -0.3 is 21.0 Å². The van der Waals surface area contributed by atoms with E-state index in [4.69, 9.17) is 5.41 Å². The maximum Gasteiger partial charge on any atom is 0.253 e. The van der Waals surface area contributed by atoms with Crippen molar-refractivity contribution < 1.29 is 4.79 Å². The maximum absolute atomic E-state index is 13.5. The van der Waals surface area contributed by atoms with Gasteiger partial charge in [-0.25, -0.2) is 0 Å². The molecule has 39 heavy (non-hydrogen) atoms. The third-order valence-electron chi connectivity index (χ3n) is 8.10. The van der Waals surface area contributed by atoms with E-state index in [1.54, 1.807) is 0 Å². The lowest BCUT2D eigenvalue weighted by Crippen LogP contribution is -2.29. The van der Waals surface area contributed by atoms with Crippen LogP contribution in [-0.4, -0.2) is 41.1 Å². The second-order valence-corrected chi connectivity index (χ2v) is 11.1. The number of anilines is 1. The highest BCUT2D eigenvalue weighted by Crippen LogP contribution is 2.32. The van der Waals surface area contributed by atoms with Crippen LogP contribution in [-0.2, 0) is 13.1 Å². The van der Waals surface area contributed by atoms with Crippen LogP contribution in [0.4, 0.5) is 5.69 Å². The van der Waals surface area contributed by atoms with E-state index in [1.807, 2.05) is 26.0 Å². The van der Waals surface area contributed by atoms with Crippen molar-refractivity contribution in [3.05, 3.63) is 86.3 Å². The first-order valence-electron chi connectivity index (χ1n) is 14.2. The molecule has 2 fully saturated rings. The van der Waals surface area contributed by atoms with E-state index in [9.17, 15) is 9.59 Å². The molecule has 0 unspecified atom stereocenters.